The summed E-state index contributed by atoms with van der Waals surface area (Å²) < 4.78 is 5.20. The molecule has 0 aromatic heterocycles. The van der Waals surface area contributed by atoms with Crippen molar-refractivity contribution < 1.29 is 19.4 Å². The van der Waals surface area contributed by atoms with E-state index < -0.39 is 17.6 Å². The number of thioether (sulfide) groups is 1. The van der Waals surface area contributed by atoms with Crippen molar-refractivity contribution in [1.82, 2.24) is 10.2 Å². The average Bonchev–Trinajstić information content (AvgIpc) is 2.36. The first-order chi connectivity index (χ1) is 8.37. The van der Waals surface area contributed by atoms with Crippen LogP contribution in [0, 0.1) is 0 Å². The van der Waals surface area contributed by atoms with Crippen LogP contribution in [-0.4, -0.2) is 65.4 Å². The summed E-state index contributed by atoms with van der Waals surface area (Å²) in [7, 11) is 1.57. The number of hydrogen-bond donors (Lipinski definition) is 2. The van der Waals surface area contributed by atoms with Gasteiger partial charge < -0.3 is 20.1 Å². The number of rotatable bonds is 4. The number of carboxylic acid groups (broad SMARTS) is 1. The van der Waals surface area contributed by atoms with E-state index in [1.165, 1.54) is 4.90 Å². The number of hydrogen-bond acceptors (Lipinski definition) is 4. The largest absolute Gasteiger partial charge is 0.480 e. The normalized spacial score (nSPS) is 20.6. The Morgan fingerprint density at radius 3 is 2.78 bits per heavy atom. The number of carbonyl (C=O) groups excluding carboxylic acids is 1. The molecule has 1 fully saturated rings. The van der Waals surface area contributed by atoms with Crippen molar-refractivity contribution in [2.45, 2.75) is 25.5 Å². The second-order valence-electron chi connectivity index (χ2n) is 4.74. The second kappa shape index (κ2) is 6.29. The van der Waals surface area contributed by atoms with Gasteiger partial charge in [-0.3, -0.25) is 0 Å². The van der Waals surface area contributed by atoms with Crippen molar-refractivity contribution in [3.8, 4) is 0 Å². The van der Waals surface area contributed by atoms with Crippen molar-refractivity contribution in [1.29, 1.82) is 0 Å². The SMILES string of the molecule is COC(C)(C)CNC(=O)N1CCSCC1C(=O)O. The minimum absolute atomic E-state index is 0.340. The van der Waals surface area contributed by atoms with Crippen LogP contribution < -0.4 is 5.32 Å². The number of aliphatic carboxylic acids is 1. The molecule has 0 saturated carbocycles. The number of nitrogens with one attached hydrogen (secondary N) is 1. The number of nitrogens with zero attached hydrogens (tertiary/aromatic N) is 1. The molecular weight excluding hydrogens is 256 g/mol. The minimum atomic E-state index is -0.955. The van der Waals surface area contributed by atoms with Gasteiger partial charge in [-0.15, -0.1) is 0 Å². The Hall–Kier alpha value is -0.950. The van der Waals surface area contributed by atoms with Crippen LogP contribution in [0.25, 0.3) is 0 Å². The lowest BCUT2D eigenvalue weighted by molar-refractivity contribution is -0.141. The van der Waals surface area contributed by atoms with Gasteiger partial charge in [-0.05, 0) is 13.8 Å². The van der Waals surface area contributed by atoms with E-state index in [9.17, 15) is 9.59 Å². The van der Waals surface area contributed by atoms with E-state index in [4.69, 9.17) is 9.84 Å². The van der Waals surface area contributed by atoms with Crippen molar-refractivity contribution >= 4 is 23.8 Å². The molecule has 104 valence electrons. The third kappa shape index (κ3) is 4.06. The zero-order chi connectivity index (χ0) is 13.8. The van der Waals surface area contributed by atoms with E-state index in [1.54, 1.807) is 18.9 Å². The van der Waals surface area contributed by atoms with Gasteiger partial charge in [0.05, 0.1) is 5.60 Å². The molecule has 18 heavy (non-hydrogen) atoms. The van der Waals surface area contributed by atoms with Gasteiger partial charge in [0, 0.05) is 31.7 Å². The lowest BCUT2D eigenvalue weighted by Crippen LogP contribution is -2.55. The Kier molecular flexibility index (Phi) is 5.28. The molecule has 1 heterocycles. The number of urea groups is 1. The van der Waals surface area contributed by atoms with E-state index in [0.717, 1.165) is 5.75 Å². The first-order valence-corrected chi connectivity index (χ1v) is 6.93. The highest BCUT2D eigenvalue weighted by atomic mass is 32.2. The van der Waals surface area contributed by atoms with E-state index in [-0.39, 0.29) is 6.03 Å². The second-order valence-corrected chi connectivity index (χ2v) is 5.89. The summed E-state index contributed by atoms with van der Waals surface area (Å²) in [5, 5.41) is 11.8. The van der Waals surface area contributed by atoms with Crippen molar-refractivity contribution in [2.75, 3.05) is 31.7 Å². The molecule has 1 saturated heterocycles. The molecular formula is C11H20N2O4S. The van der Waals surface area contributed by atoms with Crippen LogP contribution in [0.4, 0.5) is 4.79 Å². The van der Waals surface area contributed by atoms with Gasteiger partial charge in [0.1, 0.15) is 6.04 Å². The Bertz CT molecular complexity index is 322. The molecule has 6 nitrogen and oxygen atoms in total. The number of carbonyl (C=O) groups is 2. The topological polar surface area (TPSA) is 78.9 Å². The highest BCUT2D eigenvalue weighted by Crippen LogP contribution is 2.17. The van der Waals surface area contributed by atoms with Gasteiger partial charge >= 0.3 is 12.0 Å². The first kappa shape index (κ1) is 15.1. The molecule has 1 atom stereocenters. The minimum Gasteiger partial charge on any atom is -0.480 e. The molecule has 1 unspecified atom stereocenters. The van der Waals surface area contributed by atoms with E-state index in [2.05, 4.69) is 5.32 Å². The smallest absolute Gasteiger partial charge is 0.327 e. The van der Waals surface area contributed by atoms with Gasteiger partial charge in [0.25, 0.3) is 0 Å². The van der Waals surface area contributed by atoms with Crippen LogP contribution in [0.15, 0.2) is 0 Å². The Balaban J connectivity index is 2.56. The zero-order valence-electron chi connectivity index (χ0n) is 10.9. The number of carboxylic acids is 1. The van der Waals surface area contributed by atoms with E-state index in [1.807, 2.05) is 13.8 Å². The third-order valence-electron chi connectivity index (χ3n) is 2.89. The lowest BCUT2D eigenvalue weighted by Gasteiger charge is -2.33. The lowest BCUT2D eigenvalue weighted by atomic mass is 10.1. The van der Waals surface area contributed by atoms with Gasteiger partial charge in [-0.25, -0.2) is 9.59 Å². The summed E-state index contributed by atoms with van der Waals surface area (Å²) in [5.41, 5.74) is -0.459. The van der Waals surface area contributed by atoms with Crippen LogP contribution >= 0.6 is 11.8 Å². The number of ether oxygens (including phenoxy) is 1. The van der Waals surface area contributed by atoms with Crippen molar-refractivity contribution in [2.24, 2.45) is 0 Å². The molecule has 2 N–H and O–H groups in total. The van der Waals surface area contributed by atoms with Gasteiger partial charge in [-0.2, -0.15) is 11.8 Å². The third-order valence-corrected chi connectivity index (χ3v) is 3.92. The summed E-state index contributed by atoms with van der Waals surface area (Å²) in [6, 6.07) is -1.08. The first-order valence-electron chi connectivity index (χ1n) is 5.77. The fourth-order valence-electron chi connectivity index (χ4n) is 1.51. The maximum Gasteiger partial charge on any atom is 0.327 e. The highest BCUT2D eigenvalue weighted by Gasteiger charge is 2.32. The molecule has 0 spiro atoms. The van der Waals surface area contributed by atoms with Gasteiger partial charge in [0.15, 0.2) is 0 Å². The molecule has 0 aromatic carbocycles. The molecule has 0 aliphatic carbocycles. The molecule has 1 rings (SSSR count). The van der Waals surface area contributed by atoms with Crippen molar-refractivity contribution in [3.63, 3.8) is 0 Å². The van der Waals surface area contributed by atoms with Gasteiger partial charge in [0.2, 0.25) is 0 Å². The van der Waals surface area contributed by atoms with Crippen molar-refractivity contribution in [3.05, 3.63) is 0 Å². The number of methoxy groups -OCH3 is 1. The predicted octanol–water partition coefficient (Wildman–Crippen LogP) is 0.623. The average molecular weight is 276 g/mol. The number of amides is 2. The Morgan fingerprint density at radius 2 is 2.22 bits per heavy atom. The molecule has 0 aromatic rings. The molecule has 2 amide bonds. The fraction of sp³-hybridized carbons (Fsp3) is 0.818. The zero-order valence-corrected chi connectivity index (χ0v) is 11.7. The fourth-order valence-corrected chi connectivity index (χ4v) is 2.55. The molecule has 7 heteroatoms. The summed E-state index contributed by atoms with van der Waals surface area (Å²) in [5.74, 6) is 0.254. The monoisotopic (exact) mass is 276 g/mol. The van der Waals surface area contributed by atoms with Crippen LogP contribution in [-0.2, 0) is 9.53 Å². The van der Waals surface area contributed by atoms with Crippen LogP contribution in [0.5, 0.6) is 0 Å². The van der Waals surface area contributed by atoms with Crippen LogP contribution in [0.1, 0.15) is 13.8 Å². The summed E-state index contributed by atoms with van der Waals surface area (Å²) in [6.45, 7) is 4.52. The summed E-state index contributed by atoms with van der Waals surface area (Å²) in [4.78, 5) is 24.4. The van der Waals surface area contributed by atoms with Crippen LogP contribution in [0.3, 0.4) is 0 Å². The quantitative estimate of drug-likeness (QED) is 0.787. The molecule has 1 aliphatic heterocycles. The Labute approximate surface area is 111 Å². The summed E-state index contributed by atoms with van der Waals surface area (Å²) >= 11 is 1.55. The molecule has 0 bridgehead atoms. The predicted molar refractivity (Wildman–Crippen MR) is 69.9 cm³/mol. The molecule has 1 aliphatic rings. The maximum absolute atomic E-state index is 12.0. The molecule has 0 radical (unpaired) electrons. The van der Waals surface area contributed by atoms with E-state index >= 15 is 0 Å². The highest BCUT2D eigenvalue weighted by molar-refractivity contribution is 7.99. The van der Waals surface area contributed by atoms with E-state index in [0.29, 0.717) is 18.8 Å². The van der Waals surface area contributed by atoms with Crippen LogP contribution in [0.2, 0.25) is 0 Å². The maximum atomic E-state index is 12.0. The van der Waals surface area contributed by atoms with Gasteiger partial charge in [-0.1, -0.05) is 0 Å². The Morgan fingerprint density at radius 1 is 1.56 bits per heavy atom. The standard InChI is InChI=1S/C11H20N2O4S/c1-11(2,17-3)7-12-10(16)13-4-5-18-6-8(13)9(14)15/h8H,4-7H2,1-3H3,(H,12,16)(H,14,15). The summed E-state index contributed by atoms with van der Waals surface area (Å²) in [6.07, 6.45) is 0.